The molecule has 0 heterocycles. The number of hydrogen-bond acceptors (Lipinski definition) is 1. The van der Waals surface area contributed by atoms with Crippen molar-refractivity contribution >= 4 is 34.8 Å². The van der Waals surface area contributed by atoms with Gasteiger partial charge in [0.1, 0.15) is 5.82 Å². The molecule has 0 aromatic heterocycles. The van der Waals surface area contributed by atoms with Crippen LogP contribution >= 0.6 is 23.2 Å². The molecule has 2 nitrogen and oxygen atoms in total. The van der Waals surface area contributed by atoms with Gasteiger partial charge in [0.25, 0.3) is 5.91 Å². The maximum atomic E-state index is 13.1. The molecule has 2 aromatic rings. The number of amides is 1. The van der Waals surface area contributed by atoms with Crippen LogP contribution < -0.4 is 5.32 Å². The maximum Gasteiger partial charge on any atom is 0.257 e. The van der Waals surface area contributed by atoms with E-state index in [0.717, 1.165) is 5.56 Å². The summed E-state index contributed by atoms with van der Waals surface area (Å²) in [4.78, 5) is 12.1. The van der Waals surface area contributed by atoms with Gasteiger partial charge in [0.2, 0.25) is 0 Å². The van der Waals surface area contributed by atoms with Crippen molar-refractivity contribution in [2.45, 2.75) is 6.92 Å². The van der Waals surface area contributed by atoms with Crippen molar-refractivity contribution in [1.82, 2.24) is 0 Å². The molecule has 19 heavy (non-hydrogen) atoms. The van der Waals surface area contributed by atoms with E-state index in [1.165, 1.54) is 12.1 Å². The first-order chi connectivity index (χ1) is 8.99. The van der Waals surface area contributed by atoms with Gasteiger partial charge in [-0.15, -0.1) is 0 Å². The molecule has 0 unspecified atom stereocenters. The van der Waals surface area contributed by atoms with Crippen molar-refractivity contribution in [3.63, 3.8) is 0 Å². The molecular formula is C14H10Cl2FNO. The van der Waals surface area contributed by atoms with Crippen molar-refractivity contribution in [2.24, 2.45) is 0 Å². The molecule has 1 N–H and O–H groups in total. The lowest BCUT2D eigenvalue weighted by atomic mass is 10.1. The van der Waals surface area contributed by atoms with Gasteiger partial charge in [-0.05, 0) is 36.8 Å². The summed E-state index contributed by atoms with van der Waals surface area (Å²) in [5.74, 6) is -0.848. The molecule has 0 fully saturated rings. The fourth-order valence-corrected chi connectivity index (χ4v) is 1.98. The van der Waals surface area contributed by atoms with Crippen molar-refractivity contribution in [1.29, 1.82) is 0 Å². The lowest BCUT2D eigenvalue weighted by molar-refractivity contribution is 0.102. The van der Waals surface area contributed by atoms with Crippen LogP contribution in [0.25, 0.3) is 0 Å². The Labute approximate surface area is 120 Å². The summed E-state index contributed by atoms with van der Waals surface area (Å²) in [7, 11) is 0. The van der Waals surface area contributed by atoms with Gasteiger partial charge in [-0.1, -0.05) is 35.3 Å². The number of nitrogens with one attached hydrogen (secondary N) is 1. The second kappa shape index (κ2) is 5.59. The maximum absolute atomic E-state index is 13.1. The van der Waals surface area contributed by atoms with Gasteiger partial charge in [0.05, 0.1) is 15.6 Å². The highest BCUT2D eigenvalue weighted by Gasteiger charge is 2.13. The summed E-state index contributed by atoms with van der Waals surface area (Å²) < 4.78 is 13.1. The Morgan fingerprint density at radius 2 is 1.95 bits per heavy atom. The van der Waals surface area contributed by atoms with Crippen LogP contribution in [0, 0.1) is 12.7 Å². The molecule has 0 atom stereocenters. The molecule has 0 aliphatic carbocycles. The van der Waals surface area contributed by atoms with Gasteiger partial charge in [0, 0.05) is 5.69 Å². The summed E-state index contributed by atoms with van der Waals surface area (Å²) >= 11 is 11.8. The number of rotatable bonds is 2. The molecule has 0 spiro atoms. The van der Waals surface area contributed by atoms with Crippen molar-refractivity contribution in [2.75, 3.05) is 5.32 Å². The summed E-state index contributed by atoms with van der Waals surface area (Å²) in [6, 6.07) is 8.95. The van der Waals surface area contributed by atoms with Crippen LogP contribution in [0.4, 0.5) is 10.1 Å². The quantitative estimate of drug-likeness (QED) is 0.856. The minimum absolute atomic E-state index is 0.177. The first kappa shape index (κ1) is 13.8. The molecule has 98 valence electrons. The Morgan fingerprint density at radius 3 is 2.68 bits per heavy atom. The number of carbonyl (C=O) groups excluding carboxylic acids is 1. The Morgan fingerprint density at radius 1 is 1.21 bits per heavy atom. The molecule has 0 bridgehead atoms. The van der Waals surface area contributed by atoms with Gasteiger partial charge in [-0.3, -0.25) is 4.79 Å². The van der Waals surface area contributed by atoms with E-state index >= 15 is 0 Å². The van der Waals surface area contributed by atoms with E-state index in [-0.39, 0.29) is 10.6 Å². The van der Waals surface area contributed by atoms with E-state index in [4.69, 9.17) is 23.2 Å². The number of halogens is 3. The van der Waals surface area contributed by atoms with Crippen LogP contribution in [0.1, 0.15) is 15.9 Å². The molecule has 1 amide bonds. The van der Waals surface area contributed by atoms with Crippen molar-refractivity contribution in [3.05, 3.63) is 63.4 Å². The van der Waals surface area contributed by atoms with E-state index in [1.807, 2.05) is 0 Å². The Balaban J connectivity index is 2.31. The highest BCUT2D eigenvalue weighted by atomic mass is 35.5. The van der Waals surface area contributed by atoms with Crippen LogP contribution in [0.3, 0.4) is 0 Å². The average Bonchev–Trinajstić information content (AvgIpc) is 2.37. The van der Waals surface area contributed by atoms with Gasteiger partial charge in [-0.25, -0.2) is 4.39 Å². The summed E-state index contributed by atoms with van der Waals surface area (Å²) in [6.07, 6.45) is 0. The standard InChI is InChI=1S/C14H10Cl2FNO/c1-8-5-6-9(17)7-12(8)18-14(19)10-3-2-4-11(15)13(10)16/h2-7H,1H3,(H,18,19). The van der Waals surface area contributed by atoms with Crippen molar-refractivity contribution in [3.8, 4) is 0 Å². The van der Waals surface area contributed by atoms with Crippen LogP contribution in [0.5, 0.6) is 0 Å². The van der Waals surface area contributed by atoms with Crippen LogP contribution in [-0.2, 0) is 0 Å². The molecule has 0 aliphatic rings. The lowest BCUT2D eigenvalue weighted by Gasteiger charge is -2.10. The number of benzene rings is 2. The second-order valence-electron chi connectivity index (χ2n) is 4.01. The zero-order valence-corrected chi connectivity index (χ0v) is 11.5. The molecule has 0 radical (unpaired) electrons. The normalized spacial score (nSPS) is 10.3. The molecule has 2 aromatic carbocycles. The van der Waals surface area contributed by atoms with Gasteiger partial charge in [-0.2, -0.15) is 0 Å². The molecule has 0 saturated heterocycles. The fourth-order valence-electron chi connectivity index (χ4n) is 1.60. The van der Waals surface area contributed by atoms with Crippen LogP contribution in [0.2, 0.25) is 10.0 Å². The first-order valence-electron chi connectivity index (χ1n) is 5.50. The third-order valence-corrected chi connectivity index (χ3v) is 3.46. The average molecular weight is 298 g/mol. The summed E-state index contributed by atoms with van der Waals surface area (Å²) in [5.41, 5.74) is 1.41. The Hall–Kier alpha value is -1.58. The van der Waals surface area contributed by atoms with Crippen LogP contribution in [0.15, 0.2) is 36.4 Å². The topological polar surface area (TPSA) is 29.1 Å². The summed E-state index contributed by atoms with van der Waals surface area (Å²) in [6.45, 7) is 1.77. The SMILES string of the molecule is Cc1ccc(F)cc1NC(=O)c1cccc(Cl)c1Cl. The minimum Gasteiger partial charge on any atom is -0.322 e. The third-order valence-electron chi connectivity index (χ3n) is 2.64. The number of carbonyl (C=O) groups is 1. The molecular weight excluding hydrogens is 288 g/mol. The third kappa shape index (κ3) is 3.06. The lowest BCUT2D eigenvalue weighted by Crippen LogP contribution is -2.13. The number of aryl methyl sites for hydroxylation is 1. The number of hydrogen-bond donors (Lipinski definition) is 1. The Kier molecular flexibility index (Phi) is 4.08. The first-order valence-corrected chi connectivity index (χ1v) is 6.26. The molecule has 5 heteroatoms. The minimum atomic E-state index is -0.429. The zero-order valence-electron chi connectivity index (χ0n) is 10.0. The van der Waals surface area contributed by atoms with Gasteiger partial charge in [0.15, 0.2) is 0 Å². The van der Waals surface area contributed by atoms with Crippen molar-refractivity contribution < 1.29 is 9.18 Å². The Bertz CT molecular complexity index is 643. The van der Waals surface area contributed by atoms with Gasteiger partial charge < -0.3 is 5.32 Å². The molecule has 0 aliphatic heterocycles. The van der Waals surface area contributed by atoms with E-state index in [2.05, 4.69) is 5.32 Å². The predicted octanol–water partition coefficient (Wildman–Crippen LogP) is 4.69. The smallest absolute Gasteiger partial charge is 0.257 e. The highest BCUT2D eigenvalue weighted by molar-refractivity contribution is 6.44. The molecule has 0 saturated carbocycles. The fraction of sp³-hybridized carbons (Fsp3) is 0.0714. The van der Waals surface area contributed by atoms with Crippen LogP contribution in [-0.4, -0.2) is 5.91 Å². The van der Waals surface area contributed by atoms with E-state index in [1.54, 1.807) is 31.2 Å². The molecule has 2 rings (SSSR count). The monoisotopic (exact) mass is 297 g/mol. The second-order valence-corrected chi connectivity index (χ2v) is 4.80. The highest BCUT2D eigenvalue weighted by Crippen LogP contribution is 2.26. The number of anilines is 1. The summed E-state index contributed by atoms with van der Waals surface area (Å²) in [5, 5.41) is 3.09. The van der Waals surface area contributed by atoms with E-state index in [9.17, 15) is 9.18 Å². The van der Waals surface area contributed by atoms with E-state index < -0.39 is 11.7 Å². The van der Waals surface area contributed by atoms with Gasteiger partial charge >= 0.3 is 0 Å². The van der Waals surface area contributed by atoms with E-state index in [0.29, 0.717) is 10.7 Å². The zero-order chi connectivity index (χ0) is 14.0. The predicted molar refractivity (Wildman–Crippen MR) is 75.6 cm³/mol. The largest absolute Gasteiger partial charge is 0.322 e.